The van der Waals surface area contributed by atoms with Crippen molar-refractivity contribution in [2.24, 2.45) is 5.73 Å². The second-order valence-electron chi connectivity index (χ2n) is 4.80. The lowest BCUT2D eigenvalue weighted by Gasteiger charge is -2.19. The van der Waals surface area contributed by atoms with Crippen molar-refractivity contribution < 1.29 is 14.3 Å². The summed E-state index contributed by atoms with van der Waals surface area (Å²) in [7, 11) is 1.57. The smallest absolute Gasteiger partial charge is 0.231 e. The molecule has 116 valence electrons. The van der Waals surface area contributed by atoms with Gasteiger partial charge in [-0.2, -0.15) is 0 Å². The van der Waals surface area contributed by atoms with Crippen LogP contribution in [0.5, 0.6) is 5.75 Å². The summed E-state index contributed by atoms with van der Waals surface area (Å²) in [6, 6.07) is 5.18. The Labute approximate surface area is 133 Å². The third kappa shape index (κ3) is 5.85. The average molecular weight is 357 g/mol. The average Bonchev–Trinajstić information content (AvgIpc) is 2.43. The lowest BCUT2D eigenvalue weighted by Crippen LogP contribution is -2.38. The van der Waals surface area contributed by atoms with Crippen molar-refractivity contribution in [1.29, 1.82) is 0 Å². The summed E-state index contributed by atoms with van der Waals surface area (Å²) in [5, 5.41) is 0. The first-order chi connectivity index (χ1) is 9.97. The van der Waals surface area contributed by atoms with Crippen molar-refractivity contribution >= 4 is 27.6 Å². The van der Waals surface area contributed by atoms with Crippen molar-refractivity contribution in [3.05, 3.63) is 28.2 Å². The number of benzene rings is 1. The van der Waals surface area contributed by atoms with Crippen LogP contribution in [0.25, 0.3) is 0 Å². The Bertz CT molecular complexity index is 506. The maximum atomic E-state index is 12.3. The van der Waals surface area contributed by atoms with Gasteiger partial charge in [-0.15, -0.1) is 0 Å². The molecule has 0 aliphatic rings. The molecule has 0 atom stereocenters. The minimum atomic E-state index is -0.421. The van der Waals surface area contributed by atoms with E-state index in [0.29, 0.717) is 17.9 Å². The highest BCUT2D eigenvalue weighted by molar-refractivity contribution is 9.10. The van der Waals surface area contributed by atoms with Gasteiger partial charge in [0.15, 0.2) is 5.78 Å². The number of ketones is 1. The molecule has 2 N–H and O–H groups in total. The van der Waals surface area contributed by atoms with Crippen molar-refractivity contribution in [3.8, 4) is 5.75 Å². The third-order valence-electron chi connectivity index (χ3n) is 3.05. The molecule has 5 nitrogen and oxygen atoms in total. The highest BCUT2D eigenvalue weighted by atomic mass is 79.9. The number of nitrogens with zero attached hydrogens (tertiary/aromatic N) is 1. The van der Waals surface area contributed by atoms with E-state index in [1.807, 2.05) is 0 Å². The van der Waals surface area contributed by atoms with Crippen LogP contribution in [0.2, 0.25) is 0 Å². The SMILES string of the molecule is CCCCN(CC(N)=O)CC(=O)c1ccc(OC)c(Br)c1. The summed E-state index contributed by atoms with van der Waals surface area (Å²) < 4.78 is 5.86. The lowest BCUT2D eigenvalue weighted by atomic mass is 10.1. The van der Waals surface area contributed by atoms with E-state index in [9.17, 15) is 9.59 Å². The number of primary amides is 1. The number of nitrogens with two attached hydrogens (primary N) is 1. The number of rotatable bonds is 9. The summed E-state index contributed by atoms with van der Waals surface area (Å²) in [4.78, 5) is 25.2. The summed E-state index contributed by atoms with van der Waals surface area (Å²) in [5.41, 5.74) is 5.80. The van der Waals surface area contributed by atoms with Gasteiger partial charge in [0.05, 0.1) is 24.7 Å². The molecule has 1 aromatic carbocycles. The van der Waals surface area contributed by atoms with Gasteiger partial charge in [0, 0.05) is 5.56 Å². The van der Waals surface area contributed by atoms with Crippen LogP contribution in [-0.2, 0) is 4.79 Å². The molecule has 21 heavy (non-hydrogen) atoms. The second kappa shape index (κ2) is 8.79. The number of carbonyl (C=O) groups is 2. The quantitative estimate of drug-likeness (QED) is 0.688. The Kier molecular flexibility index (Phi) is 7.39. The molecule has 0 saturated heterocycles. The zero-order chi connectivity index (χ0) is 15.8. The molecule has 0 radical (unpaired) electrons. The minimum Gasteiger partial charge on any atom is -0.496 e. The van der Waals surface area contributed by atoms with Crippen molar-refractivity contribution in [2.75, 3.05) is 26.7 Å². The molecule has 0 spiro atoms. The Hall–Kier alpha value is -1.40. The summed E-state index contributed by atoms with van der Waals surface area (Å²) in [5.74, 6) is 0.206. The fraction of sp³-hybridized carbons (Fsp3) is 0.467. The Morgan fingerprint density at radius 1 is 1.33 bits per heavy atom. The summed E-state index contributed by atoms with van der Waals surface area (Å²) >= 11 is 3.36. The molecule has 0 aliphatic carbocycles. The van der Waals surface area contributed by atoms with Gasteiger partial charge in [-0.05, 0) is 47.1 Å². The maximum Gasteiger partial charge on any atom is 0.231 e. The van der Waals surface area contributed by atoms with Gasteiger partial charge in [0.25, 0.3) is 0 Å². The molecule has 0 unspecified atom stereocenters. The summed E-state index contributed by atoms with van der Waals surface area (Å²) in [6.07, 6.45) is 1.92. The Morgan fingerprint density at radius 3 is 2.57 bits per heavy atom. The monoisotopic (exact) mass is 356 g/mol. The number of carbonyl (C=O) groups excluding carboxylic acids is 2. The van der Waals surface area contributed by atoms with Crippen LogP contribution in [0.1, 0.15) is 30.1 Å². The Morgan fingerprint density at radius 2 is 2.05 bits per heavy atom. The molecular formula is C15H21BrN2O3. The van der Waals surface area contributed by atoms with E-state index in [4.69, 9.17) is 10.5 Å². The molecular weight excluding hydrogens is 336 g/mol. The molecule has 0 heterocycles. The lowest BCUT2D eigenvalue weighted by molar-refractivity contribution is -0.119. The molecule has 6 heteroatoms. The van der Waals surface area contributed by atoms with Gasteiger partial charge >= 0.3 is 0 Å². The van der Waals surface area contributed by atoms with Crippen LogP contribution < -0.4 is 10.5 Å². The molecule has 0 aliphatic heterocycles. The number of unbranched alkanes of at least 4 members (excludes halogenated alkanes) is 1. The van der Waals surface area contributed by atoms with E-state index in [-0.39, 0.29) is 18.9 Å². The van der Waals surface area contributed by atoms with Gasteiger partial charge in [0.2, 0.25) is 5.91 Å². The van der Waals surface area contributed by atoms with Crippen molar-refractivity contribution in [2.45, 2.75) is 19.8 Å². The number of methoxy groups -OCH3 is 1. The van der Waals surface area contributed by atoms with Crippen LogP contribution >= 0.6 is 15.9 Å². The maximum absolute atomic E-state index is 12.3. The summed E-state index contributed by atoms with van der Waals surface area (Å²) in [6.45, 7) is 3.03. The second-order valence-corrected chi connectivity index (χ2v) is 5.66. The van der Waals surface area contributed by atoms with E-state index in [1.165, 1.54) is 0 Å². The number of hydrogen-bond donors (Lipinski definition) is 1. The highest BCUT2D eigenvalue weighted by Gasteiger charge is 2.15. The molecule has 1 amide bonds. The minimum absolute atomic E-state index is 0.0456. The Balaban J connectivity index is 2.75. The largest absolute Gasteiger partial charge is 0.496 e. The van der Waals surface area contributed by atoms with Gasteiger partial charge in [-0.3, -0.25) is 14.5 Å². The van der Waals surface area contributed by atoms with Gasteiger partial charge < -0.3 is 10.5 Å². The number of halogens is 1. The van der Waals surface area contributed by atoms with Crippen LogP contribution in [0, 0.1) is 0 Å². The fourth-order valence-electron chi connectivity index (χ4n) is 1.95. The topological polar surface area (TPSA) is 72.6 Å². The van der Waals surface area contributed by atoms with Crippen LogP contribution in [0.15, 0.2) is 22.7 Å². The van der Waals surface area contributed by atoms with Crippen LogP contribution in [-0.4, -0.2) is 43.3 Å². The van der Waals surface area contributed by atoms with Gasteiger partial charge in [0.1, 0.15) is 5.75 Å². The number of ether oxygens (including phenoxy) is 1. The van der Waals surface area contributed by atoms with E-state index >= 15 is 0 Å². The highest BCUT2D eigenvalue weighted by Crippen LogP contribution is 2.25. The van der Waals surface area contributed by atoms with E-state index in [1.54, 1.807) is 30.2 Å². The van der Waals surface area contributed by atoms with E-state index in [2.05, 4.69) is 22.9 Å². The number of Topliss-reactive ketones (excluding diaryl/α,β-unsaturated/α-hetero) is 1. The van der Waals surface area contributed by atoms with Crippen LogP contribution in [0.3, 0.4) is 0 Å². The van der Waals surface area contributed by atoms with Gasteiger partial charge in [-0.1, -0.05) is 13.3 Å². The normalized spacial score (nSPS) is 10.7. The number of amides is 1. The zero-order valence-electron chi connectivity index (χ0n) is 12.4. The fourth-order valence-corrected chi connectivity index (χ4v) is 2.49. The molecule has 1 rings (SSSR count). The first-order valence-corrected chi connectivity index (χ1v) is 7.64. The first-order valence-electron chi connectivity index (χ1n) is 6.85. The molecule has 1 aromatic rings. The number of hydrogen-bond acceptors (Lipinski definition) is 4. The van der Waals surface area contributed by atoms with Crippen LogP contribution in [0.4, 0.5) is 0 Å². The molecule has 0 bridgehead atoms. The van der Waals surface area contributed by atoms with Crippen molar-refractivity contribution in [3.63, 3.8) is 0 Å². The third-order valence-corrected chi connectivity index (χ3v) is 3.67. The molecule has 0 saturated carbocycles. The van der Waals surface area contributed by atoms with Crippen molar-refractivity contribution in [1.82, 2.24) is 4.90 Å². The van der Waals surface area contributed by atoms with E-state index < -0.39 is 5.91 Å². The molecule has 0 aromatic heterocycles. The first kappa shape index (κ1) is 17.7. The molecule has 0 fully saturated rings. The predicted octanol–water partition coefficient (Wildman–Crippen LogP) is 2.23. The standard InChI is InChI=1S/C15H21BrN2O3/c1-3-4-7-18(10-15(17)20)9-13(19)11-5-6-14(21-2)12(16)8-11/h5-6,8H,3-4,7,9-10H2,1-2H3,(H2,17,20). The van der Waals surface area contributed by atoms with E-state index in [0.717, 1.165) is 17.3 Å². The van der Waals surface area contributed by atoms with Gasteiger partial charge in [-0.25, -0.2) is 0 Å². The predicted molar refractivity (Wildman–Crippen MR) is 85.6 cm³/mol. The zero-order valence-corrected chi connectivity index (χ0v) is 14.0.